The van der Waals surface area contributed by atoms with Gasteiger partial charge in [0, 0.05) is 9.89 Å². The summed E-state index contributed by atoms with van der Waals surface area (Å²) in [6, 6.07) is 7.79. The van der Waals surface area contributed by atoms with Crippen LogP contribution in [0.2, 0.25) is 0 Å². The van der Waals surface area contributed by atoms with E-state index in [2.05, 4.69) is 22.9 Å². The number of aliphatic hydroxyl groups is 2. The van der Waals surface area contributed by atoms with Gasteiger partial charge >= 0.3 is 0 Å². The zero-order valence-corrected chi connectivity index (χ0v) is 12.4. The zero-order chi connectivity index (χ0) is 12.7. The summed E-state index contributed by atoms with van der Waals surface area (Å²) < 4.78 is 0.949. The lowest BCUT2D eigenvalue weighted by molar-refractivity contribution is 0.113. The molecule has 0 aromatic heterocycles. The van der Waals surface area contributed by atoms with Crippen LogP contribution in [-0.4, -0.2) is 34.9 Å². The third-order valence-electron chi connectivity index (χ3n) is 2.98. The summed E-state index contributed by atoms with van der Waals surface area (Å²) in [5.74, 6) is 2.00. The van der Waals surface area contributed by atoms with Crippen molar-refractivity contribution < 1.29 is 10.2 Å². The minimum absolute atomic E-state index is 0.0314. The lowest BCUT2D eigenvalue weighted by atomic mass is 9.79. The Hall–Kier alpha value is -0.0300. The van der Waals surface area contributed by atoms with Gasteiger partial charge in [0.2, 0.25) is 0 Å². The molecule has 0 aliphatic carbocycles. The van der Waals surface area contributed by atoms with Crippen molar-refractivity contribution in [3.05, 3.63) is 34.3 Å². The molecule has 0 saturated carbocycles. The van der Waals surface area contributed by atoms with Crippen LogP contribution < -0.4 is 0 Å². The molecular formula is C13H19BrO2S. The minimum atomic E-state index is -0.539. The van der Waals surface area contributed by atoms with Crippen molar-refractivity contribution in [2.45, 2.75) is 18.8 Å². The molecule has 0 spiro atoms. The molecule has 0 saturated heterocycles. The van der Waals surface area contributed by atoms with Crippen LogP contribution in [0.3, 0.4) is 0 Å². The lowest BCUT2D eigenvalue weighted by Gasteiger charge is -2.31. The van der Waals surface area contributed by atoms with Gasteiger partial charge in [0.25, 0.3) is 0 Å². The molecule has 0 unspecified atom stereocenters. The van der Waals surface area contributed by atoms with Gasteiger partial charge < -0.3 is 10.2 Å². The van der Waals surface area contributed by atoms with E-state index >= 15 is 0 Å². The van der Waals surface area contributed by atoms with Crippen LogP contribution in [0.4, 0.5) is 0 Å². The first-order chi connectivity index (χ1) is 8.20. The fourth-order valence-electron chi connectivity index (χ4n) is 1.82. The Morgan fingerprint density at radius 2 is 1.88 bits per heavy atom. The average molecular weight is 319 g/mol. The minimum Gasteiger partial charge on any atom is -0.395 e. The van der Waals surface area contributed by atoms with Crippen molar-refractivity contribution in [3.63, 3.8) is 0 Å². The summed E-state index contributed by atoms with van der Waals surface area (Å²) in [7, 11) is 0. The monoisotopic (exact) mass is 318 g/mol. The molecule has 0 aliphatic rings. The molecule has 17 heavy (non-hydrogen) atoms. The van der Waals surface area contributed by atoms with Crippen molar-refractivity contribution >= 4 is 27.7 Å². The van der Waals surface area contributed by atoms with Gasteiger partial charge in [-0.05, 0) is 29.6 Å². The van der Waals surface area contributed by atoms with E-state index in [-0.39, 0.29) is 13.2 Å². The molecule has 0 heterocycles. The van der Waals surface area contributed by atoms with Gasteiger partial charge in [-0.25, -0.2) is 0 Å². The number of halogens is 1. The largest absolute Gasteiger partial charge is 0.395 e. The number of hydrogen-bond acceptors (Lipinski definition) is 3. The average Bonchev–Trinajstić information content (AvgIpc) is 2.36. The predicted molar refractivity (Wildman–Crippen MR) is 77.6 cm³/mol. The van der Waals surface area contributed by atoms with Gasteiger partial charge in [0.05, 0.1) is 13.2 Å². The van der Waals surface area contributed by atoms with Crippen LogP contribution in [-0.2, 0) is 5.41 Å². The highest BCUT2D eigenvalue weighted by Crippen LogP contribution is 2.33. The van der Waals surface area contributed by atoms with E-state index in [1.807, 2.05) is 36.0 Å². The molecule has 4 heteroatoms. The Labute approximate surface area is 116 Å². The van der Waals surface area contributed by atoms with Crippen molar-refractivity contribution in [2.24, 2.45) is 0 Å². The van der Waals surface area contributed by atoms with Crippen LogP contribution in [0.15, 0.2) is 28.7 Å². The molecule has 0 bridgehead atoms. The van der Waals surface area contributed by atoms with Gasteiger partial charge in [-0.2, -0.15) is 11.8 Å². The van der Waals surface area contributed by atoms with Crippen molar-refractivity contribution in [2.75, 3.05) is 24.7 Å². The van der Waals surface area contributed by atoms with E-state index in [1.54, 1.807) is 0 Å². The molecule has 96 valence electrons. The molecule has 1 aromatic carbocycles. The fourth-order valence-corrected chi connectivity index (χ4v) is 3.35. The molecule has 1 rings (SSSR count). The van der Waals surface area contributed by atoms with E-state index in [0.717, 1.165) is 28.0 Å². The Morgan fingerprint density at radius 1 is 1.24 bits per heavy atom. The van der Waals surface area contributed by atoms with E-state index < -0.39 is 5.41 Å². The highest BCUT2D eigenvalue weighted by atomic mass is 79.9. The van der Waals surface area contributed by atoms with E-state index in [1.165, 1.54) is 0 Å². The molecule has 0 amide bonds. The second-order valence-electron chi connectivity index (χ2n) is 4.02. The normalized spacial score (nSPS) is 11.8. The molecule has 0 fully saturated rings. The van der Waals surface area contributed by atoms with Crippen LogP contribution >= 0.6 is 27.7 Å². The number of aliphatic hydroxyl groups excluding tert-OH is 2. The Kier molecular flexibility index (Phi) is 6.55. The first-order valence-electron chi connectivity index (χ1n) is 5.74. The van der Waals surface area contributed by atoms with Gasteiger partial charge in [-0.3, -0.25) is 0 Å². The summed E-state index contributed by atoms with van der Waals surface area (Å²) in [5.41, 5.74) is 0.448. The predicted octanol–water partition coefficient (Wildman–Crippen LogP) is 2.81. The van der Waals surface area contributed by atoms with Crippen LogP contribution in [0.1, 0.15) is 18.9 Å². The number of benzene rings is 1. The second kappa shape index (κ2) is 7.41. The van der Waals surface area contributed by atoms with Crippen molar-refractivity contribution in [1.82, 2.24) is 0 Å². The molecule has 1 aromatic rings. The van der Waals surface area contributed by atoms with Crippen LogP contribution in [0.25, 0.3) is 0 Å². The number of hydrogen-bond donors (Lipinski definition) is 2. The first-order valence-corrected chi connectivity index (χ1v) is 7.69. The van der Waals surface area contributed by atoms with E-state index in [4.69, 9.17) is 0 Å². The highest BCUT2D eigenvalue weighted by molar-refractivity contribution is 9.10. The van der Waals surface area contributed by atoms with Crippen LogP contribution in [0.5, 0.6) is 0 Å². The van der Waals surface area contributed by atoms with Gasteiger partial charge in [-0.15, -0.1) is 0 Å². The maximum absolute atomic E-state index is 9.66. The smallest absolute Gasteiger partial charge is 0.0550 e. The summed E-state index contributed by atoms with van der Waals surface area (Å²) in [5, 5.41) is 19.3. The summed E-state index contributed by atoms with van der Waals surface area (Å²) in [6.45, 7) is 2.05. The number of rotatable bonds is 7. The van der Waals surface area contributed by atoms with Crippen LogP contribution in [0, 0.1) is 0 Å². The third kappa shape index (κ3) is 3.71. The summed E-state index contributed by atoms with van der Waals surface area (Å²) in [6.07, 6.45) is 0.779. The SMILES string of the molecule is CCSCCC(CO)(CO)c1ccccc1Br. The first kappa shape index (κ1) is 15.0. The highest BCUT2D eigenvalue weighted by Gasteiger charge is 2.32. The third-order valence-corrected chi connectivity index (χ3v) is 4.57. The molecule has 2 N–H and O–H groups in total. The van der Waals surface area contributed by atoms with E-state index in [0.29, 0.717) is 0 Å². The van der Waals surface area contributed by atoms with Gasteiger partial charge in [0.15, 0.2) is 0 Å². The molecule has 2 nitrogen and oxygen atoms in total. The van der Waals surface area contributed by atoms with Crippen molar-refractivity contribution in [3.8, 4) is 0 Å². The lowest BCUT2D eigenvalue weighted by Crippen LogP contribution is -2.36. The molecule has 0 radical (unpaired) electrons. The standard InChI is InChI=1S/C13H19BrO2S/c1-2-17-8-7-13(9-15,10-16)11-5-3-4-6-12(11)14/h3-6,15-16H,2,7-10H2,1H3. The Bertz CT molecular complexity index is 340. The topological polar surface area (TPSA) is 40.5 Å². The Balaban J connectivity index is 2.94. The summed E-state index contributed by atoms with van der Waals surface area (Å²) in [4.78, 5) is 0. The van der Waals surface area contributed by atoms with Gasteiger partial charge in [-0.1, -0.05) is 41.1 Å². The molecule has 0 atom stereocenters. The molecule has 0 aliphatic heterocycles. The van der Waals surface area contributed by atoms with Crippen molar-refractivity contribution in [1.29, 1.82) is 0 Å². The van der Waals surface area contributed by atoms with E-state index in [9.17, 15) is 10.2 Å². The fraction of sp³-hybridized carbons (Fsp3) is 0.538. The quantitative estimate of drug-likeness (QED) is 0.759. The maximum Gasteiger partial charge on any atom is 0.0550 e. The Morgan fingerprint density at radius 3 is 2.41 bits per heavy atom. The number of thioether (sulfide) groups is 1. The van der Waals surface area contributed by atoms with Gasteiger partial charge in [0.1, 0.15) is 0 Å². The summed E-state index contributed by atoms with van der Waals surface area (Å²) >= 11 is 5.32. The maximum atomic E-state index is 9.66. The zero-order valence-electron chi connectivity index (χ0n) is 10.0. The molecular weight excluding hydrogens is 300 g/mol. The second-order valence-corrected chi connectivity index (χ2v) is 6.27.